The van der Waals surface area contributed by atoms with Crippen LogP contribution in [0.1, 0.15) is 21.5 Å². The number of rotatable bonds is 5. The van der Waals surface area contributed by atoms with E-state index in [0.29, 0.717) is 10.6 Å². The Morgan fingerprint density at radius 3 is 2.64 bits per heavy atom. The smallest absolute Gasteiger partial charge is 0.331 e. The van der Waals surface area contributed by atoms with Gasteiger partial charge in [0, 0.05) is 11.6 Å². The van der Waals surface area contributed by atoms with Crippen molar-refractivity contribution >= 4 is 29.4 Å². The van der Waals surface area contributed by atoms with Crippen LogP contribution in [0, 0.1) is 6.92 Å². The molecule has 0 aliphatic heterocycles. The van der Waals surface area contributed by atoms with Gasteiger partial charge in [-0.1, -0.05) is 53.6 Å². The number of benzene rings is 2. The minimum Gasteiger partial charge on any atom is -0.454 e. The van der Waals surface area contributed by atoms with Crippen LogP contribution in [0.25, 0.3) is 6.08 Å². The molecule has 112 valence electrons. The molecule has 4 heteroatoms. The number of hydrogen-bond donors (Lipinski definition) is 0. The van der Waals surface area contributed by atoms with Crippen molar-refractivity contribution in [3.63, 3.8) is 0 Å². The van der Waals surface area contributed by atoms with E-state index in [2.05, 4.69) is 0 Å². The van der Waals surface area contributed by atoms with E-state index in [0.717, 1.165) is 11.1 Å². The fourth-order valence-electron chi connectivity index (χ4n) is 1.89. The summed E-state index contributed by atoms with van der Waals surface area (Å²) in [7, 11) is 0. The minimum absolute atomic E-state index is 0.331. The number of halogens is 1. The second-order valence-electron chi connectivity index (χ2n) is 4.76. The van der Waals surface area contributed by atoms with Crippen molar-refractivity contribution in [1.82, 2.24) is 0 Å². The van der Waals surface area contributed by atoms with E-state index in [1.165, 1.54) is 6.08 Å². The lowest BCUT2D eigenvalue weighted by molar-refractivity contribution is -0.136. The molecular weight excluding hydrogens is 300 g/mol. The second-order valence-corrected chi connectivity index (χ2v) is 5.17. The Bertz CT molecular complexity index is 720. The molecule has 2 aromatic carbocycles. The summed E-state index contributed by atoms with van der Waals surface area (Å²) in [6.07, 6.45) is 2.95. The molecule has 0 saturated carbocycles. The van der Waals surface area contributed by atoms with E-state index in [4.69, 9.17) is 16.3 Å². The molecule has 0 spiro atoms. The third kappa shape index (κ3) is 4.57. The normalized spacial score (nSPS) is 10.6. The van der Waals surface area contributed by atoms with Gasteiger partial charge in [-0.05, 0) is 30.7 Å². The van der Waals surface area contributed by atoms with E-state index in [9.17, 15) is 9.59 Å². The number of aryl methyl sites for hydroxylation is 1. The van der Waals surface area contributed by atoms with Gasteiger partial charge < -0.3 is 4.74 Å². The average Bonchev–Trinajstić information content (AvgIpc) is 2.51. The number of ketones is 1. The van der Waals surface area contributed by atoms with Crippen molar-refractivity contribution in [2.45, 2.75) is 6.92 Å². The molecule has 0 radical (unpaired) electrons. The maximum atomic E-state index is 11.9. The number of esters is 1. The first-order valence-corrected chi connectivity index (χ1v) is 7.13. The van der Waals surface area contributed by atoms with Gasteiger partial charge in [0.2, 0.25) is 5.78 Å². The average molecular weight is 315 g/mol. The van der Waals surface area contributed by atoms with Crippen molar-refractivity contribution in [2.24, 2.45) is 0 Å². The fraction of sp³-hybridized carbons (Fsp3) is 0.111. The topological polar surface area (TPSA) is 43.4 Å². The molecule has 2 aromatic rings. The predicted octanol–water partition coefficient (Wildman–Crippen LogP) is 4.09. The van der Waals surface area contributed by atoms with Gasteiger partial charge in [0.1, 0.15) is 0 Å². The first-order valence-electron chi connectivity index (χ1n) is 6.75. The molecule has 0 saturated heterocycles. The van der Waals surface area contributed by atoms with Crippen LogP contribution in [0.5, 0.6) is 0 Å². The van der Waals surface area contributed by atoms with Crippen molar-refractivity contribution in [3.8, 4) is 0 Å². The molecule has 0 aromatic heterocycles. The SMILES string of the molecule is Cc1cccc(/C=C/C(=O)OCC(=O)c2ccccc2Cl)c1. The summed E-state index contributed by atoms with van der Waals surface area (Å²) in [5, 5.41) is 0.346. The molecule has 0 fully saturated rings. The maximum Gasteiger partial charge on any atom is 0.331 e. The van der Waals surface area contributed by atoms with Crippen LogP contribution in [0.2, 0.25) is 5.02 Å². The van der Waals surface area contributed by atoms with Gasteiger partial charge in [0.25, 0.3) is 0 Å². The highest BCUT2D eigenvalue weighted by Gasteiger charge is 2.11. The highest BCUT2D eigenvalue weighted by molar-refractivity contribution is 6.34. The summed E-state index contributed by atoms with van der Waals surface area (Å²) in [6, 6.07) is 14.4. The molecule has 0 N–H and O–H groups in total. The van der Waals surface area contributed by atoms with Crippen molar-refractivity contribution in [1.29, 1.82) is 0 Å². The van der Waals surface area contributed by atoms with E-state index >= 15 is 0 Å². The third-order valence-corrected chi connectivity index (χ3v) is 3.30. The number of hydrogen-bond acceptors (Lipinski definition) is 3. The summed E-state index contributed by atoms with van der Waals surface area (Å²) in [4.78, 5) is 23.5. The van der Waals surface area contributed by atoms with Crippen molar-refractivity contribution in [3.05, 3.63) is 76.3 Å². The number of carbonyl (C=O) groups is 2. The Morgan fingerprint density at radius 2 is 1.91 bits per heavy atom. The third-order valence-electron chi connectivity index (χ3n) is 2.97. The van der Waals surface area contributed by atoms with Crippen LogP contribution in [0.4, 0.5) is 0 Å². The molecule has 0 atom stereocenters. The lowest BCUT2D eigenvalue weighted by Crippen LogP contribution is -2.12. The highest BCUT2D eigenvalue weighted by atomic mass is 35.5. The summed E-state index contributed by atoms with van der Waals surface area (Å²) < 4.78 is 4.93. The van der Waals surface area contributed by atoms with Crippen LogP contribution in [-0.2, 0) is 9.53 Å². The zero-order chi connectivity index (χ0) is 15.9. The van der Waals surface area contributed by atoms with Gasteiger partial charge in [-0.25, -0.2) is 4.79 Å². The molecular formula is C18H15ClO3. The molecule has 2 rings (SSSR count). The lowest BCUT2D eigenvalue weighted by Gasteiger charge is -2.03. The van der Waals surface area contributed by atoms with E-state index in [-0.39, 0.29) is 12.4 Å². The highest BCUT2D eigenvalue weighted by Crippen LogP contribution is 2.15. The zero-order valence-electron chi connectivity index (χ0n) is 12.1. The van der Waals surface area contributed by atoms with Crippen molar-refractivity contribution < 1.29 is 14.3 Å². The number of Topliss-reactive ketones (excluding diaryl/α,β-unsaturated/α-hetero) is 1. The van der Waals surface area contributed by atoms with E-state index in [1.807, 2.05) is 31.2 Å². The number of ether oxygens (including phenoxy) is 1. The zero-order valence-corrected chi connectivity index (χ0v) is 12.8. The summed E-state index contributed by atoms with van der Waals surface area (Å²) in [5.74, 6) is -0.898. The van der Waals surface area contributed by atoms with Crippen LogP contribution < -0.4 is 0 Å². The van der Waals surface area contributed by atoms with Crippen LogP contribution in [0.3, 0.4) is 0 Å². The largest absolute Gasteiger partial charge is 0.454 e. The van der Waals surface area contributed by atoms with E-state index in [1.54, 1.807) is 30.3 Å². The van der Waals surface area contributed by atoms with Gasteiger partial charge in [-0.15, -0.1) is 0 Å². The molecule has 0 aliphatic carbocycles. The summed E-state index contributed by atoms with van der Waals surface area (Å²) >= 11 is 5.92. The monoisotopic (exact) mass is 314 g/mol. The van der Waals surface area contributed by atoms with Gasteiger partial charge in [0.05, 0.1) is 5.02 Å². The Labute approximate surface area is 134 Å². The molecule has 0 heterocycles. The second kappa shape index (κ2) is 7.57. The first kappa shape index (κ1) is 16.0. The van der Waals surface area contributed by atoms with E-state index < -0.39 is 5.97 Å². The Hall–Kier alpha value is -2.39. The minimum atomic E-state index is -0.568. The molecule has 0 unspecified atom stereocenters. The lowest BCUT2D eigenvalue weighted by atomic mass is 10.1. The summed E-state index contributed by atoms with van der Waals surface area (Å²) in [5.41, 5.74) is 2.35. The van der Waals surface area contributed by atoms with Gasteiger partial charge >= 0.3 is 5.97 Å². The number of carbonyl (C=O) groups excluding carboxylic acids is 2. The van der Waals surface area contributed by atoms with Gasteiger partial charge in [-0.2, -0.15) is 0 Å². The van der Waals surface area contributed by atoms with Gasteiger partial charge in [0.15, 0.2) is 6.61 Å². The van der Waals surface area contributed by atoms with Crippen LogP contribution >= 0.6 is 11.6 Å². The predicted molar refractivity (Wildman–Crippen MR) is 87.0 cm³/mol. The molecule has 0 aliphatic rings. The Morgan fingerprint density at radius 1 is 1.14 bits per heavy atom. The first-order chi connectivity index (χ1) is 10.6. The molecule has 0 amide bonds. The van der Waals surface area contributed by atoms with Gasteiger partial charge in [-0.3, -0.25) is 4.79 Å². The molecule has 22 heavy (non-hydrogen) atoms. The standard InChI is InChI=1S/C18H15ClO3/c1-13-5-4-6-14(11-13)9-10-18(21)22-12-17(20)15-7-2-3-8-16(15)19/h2-11H,12H2,1H3/b10-9+. The molecule has 3 nitrogen and oxygen atoms in total. The fourth-order valence-corrected chi connectivity index (χ4v) is 2.13. The Kier molecular flexibility index (Phi) is 5.50. The van der Waals surface area contributed by atoms with Crippen molar-refractivity contribution in [2.75, 3.05) is 6.61 Å². The van der Waals surface area contributed by atoms with Crippen LogP contribution in [0.15, 0.2) is 54.6 Å². The maximum absolute atomic E-state index is 11.9. The quantitative estimate of drug-likeness (QED) is 0.474. The summed E-state index contributed by atoms with van der Waals surface area (Å²) in [6.45, 7) is 1.64. The molecule has 0 bridgehead atoms. The van der Waals surface area contributed by atoms with Crippen LogP contribution in [-0.4, -0.2) is 18.4 Å². The Balaban J connectivity index is 1.90.